The Hall–Kier alpha value is -0.590. The minimum absolute atomic E-state index is 0.353. The van der Waals surface area contributed by atoms with Gasteiger partial charge in [0.1, 0.15) is 5.78 Å². The summed E-state index contributed by atoms with van der Waals surface area (Å²) >= 11 is 0. The van der Waals surface area contributed by atoms with Crippen molar-refractivity contribution in [2.75, 3.05) is 0 Å². The molecular weight excluding hydrogens is 136 g/mol. The van der Waals surface area contributed by atoms with E-state index in [1.54, 1.807) is 0 Å². The van der Waals surface area contributed by atoms with E-state index in [1.807, 2.05) is 6.08 Å². The van der Waals surface area contributed by atoms with Gasteiger partial charge in [0.05, 0.1) is 0 Å². The maximum atomic E-state index is 11.5. The van der Waals surface area contributed by atoms with Gasteiger partial charge in [0.15, 0.2) is 0 Å². The summed E-state index contributed by atoms with van der Waals surface area (Å²) in [5, 5.41) is 0. The molecule has 0 spiro atoms. The summed E-state index contributed by atoms with van der Waals surface area (Å²) in [5.41, 5.74) is 0. The Bertz CT molecular complexity index is 195. The number of carbonyl (C=O) groups excluding carboxylic acids is 1. The summed E-state index contributed by atoms with van der Waals surface area (Å²) in [5.74, 6) is 2.03. The molecule has 0 aromatic heterocycles. The Morgan fingerprint density at radius 2 is 2.36 bits per heavy atom. The van der Waals surface area contributed by atoms with Crippen LogP contribution in [0, 0.1) is 17.8 Å². The fourth-order valence-electron chi connectivity index (χ4n) is 2.66. The minimum atomic E-state index is 0.353. The Labute approximate surface area is 67.5 Å². The second-order valence-electron chi connectivity index (χ2n) is 3.80. The molecule has 0 N–H and O–H groups in total. The molecule has 0 saturated heterocycles. The summed E-state index contributed by atoms with van der Waals surface area (Å²) in [6.45, 7) is 3.69. The molecule has 2 aliphatic carbocycles. The van der Waals surface area contributed by atoms with Crippen LogP contribution in [0.2, 0.25) is 0 Å². The largest absolute Gasteiger partial charge is 0.299 e. The van der Waals surface area contributed by atoms with Crippen molar-refractivity contribution in [3.05, 3.63) is 12.7 Å². The lowest BCUT2D eigenvalue weighted by atomic mass is 9.85. The summed E-state index contributed by atoms with van der Waals surface area (Å²) in [6.07, 6.45) is 6.44. The van der Waals surface area contributed by atoms with Crippen LogP contribution in [0.5, 0.6) is 0 Å². The van der Waals surface area contributed by atoms with Gasteiger partial charge in [-0.3, -0.25) is 4.79 Å². The number of hydrogen-bond donors (Lipinski definition) is 0. The molecule has 2 aliphatic rings. The second kappa shape index (κ2) is 2.47. The van der Waals surface area contributed by atoms with E-state index in [4.69, 9.17) is 0 Å². The van der Waals surface area contributed by atoms with Crippen LogP contribution >= 0.6 is 0 Å². The molecule has 3 atom stereocenters. The molecule has 0 unspecified atom stereocenters. The number of fused-ring (bicyclic) bond motifs is 2. The number of hydrogen-bond acceptors (Lipinski definition) is 1. The van der Waals surface area contributed by atoms with Crippen LogP contribution in [0.25, 0.3) is 0 Å². The Balaban J connectivity index is 2.11. The summed E-state index contributed by atoms with van der Waals surface area (Å²) in [6, 6.07) is 0. The van der Waals surface area contributed by atoms with Crippen LogP contribution in [0.3, 0.4) is 0 Å². The standard InChI is InChI=1S/C10H14O/c1-2-3-9-7-4-5-8(6-7)10(9)11/h2,7-9H,1,3-6H2/t7-,8+,9+/m1/s1. The lowest BCUT2D eigenvalue weighted by Crippen LogP contribution is -2.21. The van der Waals surface area contributed by atoms with Gasteiger partial charge >= 0.3 is 0 Å². The fourth-order valence-corrected chi connectivity index (χ4v) is 2.66. The third kappa shape index (κ3) is 0.943. The molecule has 2 bridgehead atoms. The zero-order valence-corrected chi connectivity index (χ0v) is 6.75. The van der Waals surface area contributed by atoms with Crippen molar-refractivity contribution in [1.29, 1.82) is 0 Å². The number of rotatable bonds is 2. The van der Waals surface area contributed by atoms with Gasteiger partial charge in [-0.1, -0.05) is 6.08 Å². The molecule has 1 heteroatoms. The van der Waals surface area contributed by atoms with Gasteiger partial charge in [-0.25, -0.2) is 0 Å². The highest BCUT2D eigenvalue weighted by molar-refractivity contribution is 5.86. The van der Waals surface area contributed by atoms with Gasteiger partial charge < -0.3 is 0 Å². The fraction of sp³-hybridized carbons (Fsp3) is 0.700. The summed E-state index contributed by atoms with van der Waals surface area (Å²) in [7, 11) is 0. The molecule has 0 amide bonds. The van der Waals surface area contributed by atoms with E-state index < -0.39 is 0 Å². The van der Waals surface area contributed by atoms with Gasteiger partial charge in [-0.2, -0.15) is 0 Å². The smallest absolute Gasteiger partial charge is 0.139 e. The quantitative estimate of drug-likeness (QED) is 0.551. The van der Waals surface area contributed by atoms with Crippen LogP contribution in [0.15, 0.2) is 12.7 Å². The van der Waals surface area contributed by atoms with Gasteiger partial charge in [-0.15, -0.1) is 6.58 Å². The van der Waals surface area contributed by atoms with Gasteiger partial charge in [0, 0.05) is 11.8 Å². The maximum absolute atomic E-state index is 11.5. The monoisotopic (exact) mass is 150 g/mol. The van der Waals surface area contributed by atoms with Crippen molar-refractivity contribution in [2.45, 2.75) is 25.7 Å². The minimum Gasteiger partial charge on any atom is -0.299 e. The van der Waals surface area contributed by atoms with Crippen LogP contribution in [0.1, 0.15) is 25.7 Å². The van der Waals surface area contributed by atoms with Crippen LogP contribution < -0.4 is 0 Å². The molecule has 0 heterocycles. The van der Waals surface area contributed by atoms with Crippen molar-refractivity contribution < 1.29 is 4.79 Å². The third-order valence-electron chi connectivity index (χ3n) is 3.23. The normalized spacial score (nSPS) is 41.5. The second-order valence-corrected chi connectivity index (χ2v) is 3.80. The molecule has 1 nitrogen and oxygen atoms in total. The summed E-state index contributed by atoms with van der Waals surface area (Å²) in [4.78, 5) is 11.5. The van der Waals surface area contributed by atoms with E-state index in [2.05, 4.69) is 6.58 Å². The Kier molecular flexibility index (Phi) is 1.59. The predicted molar refractivity (Wildman–Crippen MR) is 44.1 cm³/mol. The van der Waals surface area contributed by atoms with Gasteiger partial charge in [0.2, 0.25) is 0 Å². The van der Waals surface area contributed by atoms with E-state index in [0.717, 1.165) is 12.8 Å². The molecule has 0 radical (unpaired) electrons. The molecule has 60 valence electrons. The SMILES string of the molecule is C=CC[C@@H]1C(=O)[C@H]2CC[C@@H]1C2. The first kappa shape index (κ1) is 7.08. The van der Waals surface area contributed by atoms with Crippen molar-refractivity contribution in [3.63, 3.8) is 0 Å². The predicted octanol–water partition coefficient (Wildman–Crippen LogP) is 2.18. The number of Topliss-reactive ketones (excluding diaryl/α,β-unsaturated/α-hetero) is 1. The zero-order valence-electron chi connectivity index (χ0n) is 6.75. The topological polar surface area (TPSA) is 17.1 Å². The summed E-state index contributed by atoms with van der Waals surface area (Å²) < 4.78 is 0. The molecule has 11 heavy (non-hydrogen) atoms. The van der Waals surface area contributed by atoms with Gasteiger partial charge in [0.25, 0.3) is 0 Å². The van der Waals surface area contributed by atoms with Crippen LogP contribution in [-0.4, -0.2) is 5.78 Å². The highest BCUT2D eigenvalue weighted by Gasteiger charge is 2.45. The Morgan fingerprint density at radius 1 is 1.55 bits per heavy atom. The molecule has 2 fully saturated rings. The van der Waals surface area contributed by atoms with E-state index in [1.165, 1.54) is 12.8 Å². The van der Waals surface area contributed by atoms with Crippen LogP contribution in [-0.2, 0) is 4.79 Å². The van der Waals surface area contributed by atoms with Crippen molar-refractivity contribution in [2.24, 2.45) is 17.8 Å². The third-order valence-corrected chi connectivity index (χ3v) is 3.23. The van der Waals surface area contributed by atoms with E-state index in [-0.39, 0.29) is 0 Å². The molecular formula is C10H14O. The average molecular weight is 150 g/mol. The van der Waals surface area contributed by atoms with Crippen molar-refractivity contribution in [3.8, 4) is 0 Å². The molecule has 0 aromatic rings. The van der Waals surface area contributed by atoms with E-state index >= 15 is 0 Å². The number of ketones is 1. The first-order valence-electron chi connectivity index (χ1n) is 4.47. The molecule has 2 saturated carbocycles. The van der Waals surface area contributed by atoms with Crippen LogP contribution in [0.4, 0.5) is 0 Å². The lowest BCUT2D eigenvalue weighted by Gasteiger charge is -2.18. The van der Waals surface area contributed by atoms with E-state index in [0.29, 0.717) is 23.5 Å². The Morgan fingerprint density at radius 3 is 2.91 bits per heavy atom. The zero-order chi connectivity index (χ0) is 7.84. The molecule has 0 aromatic carbocycles. The first-order chi connectivity index (χ1) is 5.33. The highest BCUT2D eigenvalue weighted by atomic mass is 16.1. The highest BCUT2D eigenvalue weighted by Crippen LogP contribution is 2.47. The average Bonchev–Trinajstić information content (AvgIpc) is 2.54. The number of allylic oxidation sites excluding steroid dienone is 1. The lowest BCUT2D eigenvalue weighted by molar-refractivity contribution is -0.125. The first-order valence-corrected chi connectivity index (χ1v) is 4.47. The van der Waals surface area contributed by atoms with Crippen molar-refractivity contribution in [1.82, 2.24) is 0 Å². The maximum Gasteiger partial charge on any atom is 0.139 e. The van der Waals surface area contributed by atoms with Crippen molar-refractivity contribution >= 4 is 5.78 Å². The molecule has 2 rings (SSSR count). The van der Waals surface area contributed by atoms with E-state index in [9.17, 15) is 4.79 Å². The number of carbonyl (C=O) groups is 1. The van der Waals surface area contributed by atoms with Gasteiger partial charge in [-0.05, 0) is 31.6 Å². The molecule has 0 aliphatic heterocycles.